The minimum absolute atomic E-state index is 0.0482. The molecule has 0 atom stereocenters. The Morgan fingerprint density at radius 2 is 1.88 bits per heavy atom. The number of rotatable bonds is 4. The second-order valence-electron chi connectivity index (χ2n) is 7.26. The van der Waals surface area contributed by atoms with Crippen molar-refractivity contribution in [3.63, 3.8) is 0 Å². The Hall–Kier alpha value is -2.30. The highest BCUT2D eigenvalue weighted by molar-refractivity contribution is 5.74. The quantitative estimate of drug-likeness (QED) is 0.926. The van der Waals surface area contributed by atoms with E-state index in [0.717, 1.165) is 31.5 Å². The minimum Gasteiger partial charge on any atom is -0.334 e. The molecule has 2 aliphatic rings. The predicted octanol–water partition coefficient (Wildman–Crippen LogP) is 3.62. The first-order valence-corrected chi connectivity index (χ1v) is 9.33. The normalized spacial score (nSPS) is 18.4. The van der Waals surface area contributed by atoms with Crippen molar-refractivity contribution >= 4 is 6.03 Å². The molecule has 0 spiro atoms. The number of amides is 2. The fourth-order valence-corrected chi connectivity index (χ4v) is 3.80. The molecule has 2 aromatic rings. The third-order valence-electron chi connectivity index (χ3n) is 5.36. The zero-order valence-electron chi connectivity index (χ0n) is 14.8. The molecule has 1 aliphatic heterocycles. The number of likely N-dealkylation sites (tertiary alicyclic amines) is 1. The van der Waals surface area contributed by atoms with Gasteiger partial charge >= 0.3 is 6.03 Å². The maximum Gasteiger partial charge on any atom is 0.317 e. The third-order valence-corrected chi connectivity index (χ3v) is 5.36. The van der Waals surface area contributed by atoms with Crippen LogP contribution >= 0.6 is 0 Å². The average molecular weight is 338 g/mol. The molecular formula is C20H26N4O. The van der Waals surface area contributed by atoms with Gasteiger partial charge in [0.25, 0.3) is 0 Å². The number of urea groups is 1. The van der Waals surface area contributed by atoms with Crippen molar-refractivity contribution < 1.29 is 4.79 Å². The van der Waals surface area contributed by atoms with Gasteiger partial charge in [-0.15, -0.1) is 0 Å². The number of nitrogens with zero attached hydrogens (tertiary/aromatic N) is 3. The first-order valence-electron chi connectivity index (χ1n) is 9.33. The fraction of sp³-hybridized carbons (Fsp3) is 0.500. The average Bonchev–Trinajstić information content (AvgIpc) is 3.43. The Labute approximate surface area is 149 Å². The Kier molecular flexibility index (Phi) is 4.47. The maximum absolute atomic E-state index is 12.4. The lowest BCUT2D eigenvalue weighted by Crippen LogP contribution is -2.44. The molecule has 5 heteroatoms. The number of piperidine rings is 1. The van der Waals surface area contributed by atoms with Crippen LogP contribution in [0.5, 0.6) is 0 Å². The van der Waals surface area contributed by atoms with Gasteiger partial charge in [0.1, 0.15) is 5.82 Å². The zero-order valence-corrected chi connectivity index (χ0v) is 14.8. The van der Waals surface area contributed by atoms with Crippen LogP contribution in [0.4, 0.5) is 4.79 Å². The van der Waals surface area contributed by atoms with E-state index in [1.54, 1.807) is 0 Å². The molecule has 1 aromatic carbocycles. The minimum atomic E-state index is 0.0482. The standard InChI is InChI=1S/C20H26N4O/c1-15-13-21-19(17-7-8-17)24(15)18-9-11-23(12-10-18)20(25)22-14-16-5-3-2-4-6-16/h2-6,13,17-18H,7-12,14H2,1H3,(H,22,25). The smallest absolute Gasteiger partial charge is 0.317 e. The lowest BCUT2D eigenvalue weighted by atomic mass is 10.0. The number of carbonyl (C=O) groups excluding carboxylic acids is 1. The van der Waals surface area contributed by atoms with Crippen molar-refractivity contribution in [2.45, 2.75) is 51.1 Å². The fourth-order valence-electron chi connectivity index (χ4n) is 3.80. The number of hydrogen-bond acceptors (Lipinski definition) is 2. The Morgan fingerprint density at radius 3 is 2.56 bits per heavy atom. The van der Waals surface area contributed by atoms with Crippen LogP contribution in [0.2, 0.25) is 0 Å². The summed E-state index contributed by atoms with van der Waals surface area (Å²) in [5.41, 5.74) is 2.39. The van der Waals surface area contributed by atoms with Crippen molar-refractivity contribution in [1.82, 2.24) is 19.8 Å². The number of nitrogens with one attached hydrogen (secondary N) is 1. The molecular weight excluding hydrogens is 312 g/mol. The van der Waals surface area contributed by atoms with E-state index in [0.29, 0.717) is 18.5 Å². The van der Waals surface area contributed by atoms with Crippen LogP contribution in [0.3, 0.4) is 0 Å². The number of imidazole rings is 1. The zero-order chi connectivity index (χ0) is 17.2. The molecule has 25 heavy (non-hydrogen) atoms. The Morgan fingerprint density at radius 1 is 1.16 bits per heavy atom. The predicted molar refractivity (Wildman–Crippen MR) is 97.5 cm³/mol. The number of hydrogen-bond donors (Lipinski definition) is 1. The summed E-state index contributed by atoms with van der Waals surface area (Å²) in [6.07, 6.45) is 6.58. The lowest BCUT2D eigenvalue weighted by Gasteiger charge is -2.34. The van der Waals surface area contributed by atoms with E-state index in [2.05, 4.69) is 21.8 Å². The van der Waals surface area contributed by atoms with E-state index in [1.807, 2.05) is 41.4 Å². The highest BCUT2D eigenvalue weighted by Gasteiger charge is 2.32. The molecule has 2 fully saturated rings. The van der Waals surface area contributed by atoms with Gasteiger partial charge in [0, 0.05) is 43.5 Å². The molecule has 2 heterocycles. The summed E-state index contributed by atoms with van der Waals surface area (Å²) in [6.45, 7) is 4.36. The van der Waals surface area contributed by atoms with Crippen LogP contribution in [-0.2, 0) is 6.54 Å². The first kappa shape index (κ1) is 16.2. The summed E-state index contributed by atoms with van der Waals surface area (Å²) in [7, 11) is 0. The molecule has 1 aromatic heterocycles. The summed E-state index contributed by atoms with van der Waals surface area (Å²) < 4.78 is 2.44. The van der Waals surface area contributed by atoms with E-state index >= 15 is 0 Å². The van der Waals surface area contributed by atoms with Gasteiger partial charge in [-0.2, -0.15) is 0 Å². The van der Waals surface area contributed by atoms with Gasteiger partial charge < -0.3 is 14.8 Å². The van der Waals surface area contributed by atoms with Crippen molar-refractivity contribution in [3.8, 4) is 0 Å². The van der Waals surface area contributed by atoms with Gasteiger partial charge in [0.2, 0.25) is 0 Å². The van der Waals surface area contributed by atoms with E-state index in [9.17, 15) is 4.79 Å². The second kappa shape index (κ2) is 6.90. The Bertz CT molecular complexity index is 727. The monoisotopic (exact) mass is 338 g/mol. The molecule has 132 valence electrons. The number of aromatic nitrogens is 2. The van der Waals surface area contributed by atoms with Gasteiger partial charge in [-0.3, -0.25) is 0 Å². The van der Waals surface area contributed by atoms with E-state index in [1.165, 1.54) is 24.4 Å². The molecule has 1 aliphatic carbocycles. The van der Waals surface area contributed by atoms with Crippen molar-refractivity contribution in [3.05, 3.63) is 53.6 Å². The van der Waals surface area contributed by atoms with Gasteiger partial charge in [0.05, 0.1) is 0 Å². The summed E-state index contributed by atoms with van der Waals surface area (Å²) in [5, 5.41) is 3.04. The number of aryl methyl sites for hydroxylation is 1. The highest BCUT2D eigenvalue weighted by Crippen LogP contribution is 2.41. The molecule has 5 nitrogen and oxygen atoms in total. The number of carbonyl (C=O) groups is 1. The van der Waals surface area contributed by atoms with Gasteiger partial charge in [-0.05, 0) is 38.2 Å². The van der Waals surface area contributed by atoms with E-state index in [4.69, 9.17) is 0 Å². The third kappa shape index (κ3) is 3.55. The summed E-state index contributed by atoms with van der Waals surface area (Å²) in [5.74, 6) is 1.94. The molecule has 0 unspecified atom stereocenters. The lowest BCUT2D eigenvalue weighted by molar-refractivity contribution is 0.170. The van der Waals surface area contributed by atoms with Crippen LogP contribution in [0.1, 0.15) is 54.7 Å². The topological polar surface area (TPSA) is 50.2 Å². The summed E-state index contributed by atoms with van der Waals surface area (Å²) >= 11 is 0. The van der Waals surface area contributed by atoms with Crippen LogP contribution in [0.25, 0.3) is 0 Å². The first-order chi connectivity index (χ1) is 12.2. The second-order valence-corrected chi connectivity index (χ2v) is 7.26. The maximum atomic E-state index is 12.4. The van der Waals surface area contributed by atoms with Gasteiger partial charge in [-0.25, -0.2) is 9.78 Å². The van der Waals surface area contributed by atoms with E-state index < -0.39 is 0 Å². The Balaban J connectivity index is 1.32. The van der Waals surface area contributed by atoms with E-state index in [-0.39, 0.29) is 6.03 Å². The molecule has 2 amide bonds. The van der Waals surface area contributed by atoms with Gasteiger partial charge in [0.15, 0.2) is 0 Å². The molecule has 1 N–H and O–H groups in total. The summed E-state index contributed by atoms with van der Waals surface area (Å²) in [6, 6.07) is 10.6. The van der Waals surface area contributed by atoms with Crippen molar-refractivity contribution in [2.75, 3.05) is 13.1 Å². The molecule has 0 radical (unpaired) electrons. The molecule has 0 bridgehead atoms. The molecule has 1 saturated heterocycles. The largest absolute Gasteiger partial charge is 0.334 e. The number of benzene rings is 1. The van der Waals surface area contributed by atoms with Crippen molar-refractivity contribution in [1.29, 1.82) is 0 Å². The van der Waals surface area contributed by atoms with Crippen molar-refractivity contribution in [2.24, 2.45) is 0 Å². The molecule has 4 rings (SSSR count). The van der Waals surface area contributed by atoms with Gasteiger partial charge in [-0.1, -0.05) is 30.3 Å². The molecule has 1 saturated carbocycles. The van der Waals surface area contributed by atoms with Crippen LogP contribution in [-0.4, -0.2) is 33.6 Å². The van der Waals surface area contributed by atoms with Crippen LogP contribution < -0.4 is 5.32 Å². The SMILES string of the molecule is Cc1cnc(C2CC2)n1C1CCN(C(=O)NCc2ccccc2)CC1. The van der Waals surface area contributed by atoms with Crippen LogP contribution in [0.15, 0.2) is 36.5 Å². The van der Waals surface area contributed by atoms with Crippen LogP contribution in [0, 0.1) is 6.92 Å². The summed E-state index contributed by atoms with van der Waals surface area (Å²) in [4.78, 5) is 19.0. The highest BCUT2D eigenvalue weighted by atomic mass is 16.2.